The van der Waals surface area contributed by atoms with Crippen molar-refractivity contribution in [2.75, 3.05) is 6.54 Å². The van der Waals surface area contributed by atoms with Crippen LogP contribution in [0.3, 0.4) is 0 Å². The Balaban J connectivity index is 2.11. The molecule has 7 heteroatoms. The molecule has 0 aromatic rings. The molecule has 1 saturated carbocycles. The van der Waals surface area contributed by atoms with E-state index < -0.39 is 23.5 Å². The highest BCUT2D eigenvalue weighted by Gasteiger charge is 2.51. The molecule has 0 aromatic carbocycles. The number of hydrogen-bond donors (Lipinski definition) is 3. The van der Waals surface area contributed by atoms with Gasteiger partial charge in [0.2, 0.25) is 5.91 Å². The van der Waals surface area contributed by atoms with Crippen molar-refractivity contribution in [1.29, 1.82) is 0 Å². The van der Waals surface area contributed by atoms with E-state index in [0.717, 1.165) is 24.2 Å². The normalized spacial score (nSPS) is 24.2. The Kier molecular flexibility index (Phi) is 3.25. The number of carbonyl (C=O) groups excluding carboxylic acids is 3. The van der Waals surface area contributed by atoms with Gasteiger partial charge in [0.15, 0.2) is 0 Å². The summed E-state index contributed by atoms with van der Waals surface area (Å²) in [4.78, 5) is 36.0. The predicted octanol–water partition coefficient (Wildman–Crippen LogP) is -0.946. The number of carbonyl (C=O) groups is 3. The van der Waals surface area contributed by atoms with Crippen LogP contribution in [-0.4, -0.2) is 40.9 Å². The van der Waals surface area contributed by atoms with Gasteiger partial charge < -0.3 is 16.8 Å². The van der Waals surface area contributed by atoms with Gasteiger partial charge in [0, 0.05) is 0 Å². The summed E-state index contributed by atoms with van der Waals surface area (Å²) in [6, 6.07) is -1.49. The first-order valence-electron chi connectivity index (χ1n) is 6.15. The molecule has 1 saturated heterocycles. The van der Waals surface area contributed by atoms with Gasteiger partial charge in [-0.2, -0.15) is 0 Å². The molecule has 7 nitrogen and oxygen atoms in total. The molecule has 5 N–H and O–H groups in total. The number of imide groups is 1. The predicted molar refractivity (Wildman–Crippen MR) is 63.2 cm³/mol. The molecule has 2 aliphatic rings. The fraction of sp³-hybridized carbons (Fsp3) is 0.727. The van der Waals surface area contributed by atoms with Crippen LogP contribution in [0.5, 0.6) is 0 Å². The Hall–Kier alpha value is -1.63. The van der Waals surface area contributed by atoms with Crippen molar-refractivity contribution in [2.45, 2.75) is 43.7 Å². The van der Waals surface area contributed by atoms with Crippen molar-refractivity contribution in [3.05, 3.63) is 0 Å². The monoisotopic (exact) mass is 254 g/mol. The lowest BCUT2D eigenvalue weighted by Gasteiger charge is -2.30. The van der Waals surface area contributed by atoms with Crippen LogP contribution in [0.15, 0.2) is 0 Å². The Bertz CT molecular complexity index is 390. The number of nitrogens with zero attached hydrogens (tertiary/aromatic N) is 1. The molecule has 1 atom stereocenters. The van der Waals surface area contributed by atoms with Gasteiger partial charge >= 0.3 is 6.03 Å². The van der Waals surface area contributed by atoms with Crippen LogP contribution in [0.4, 0.5) is 4.79 Å². The van der Waals surface area contributed by atoms with Crippen LogP contribution in [0.2, 0.25) is 0 Å². The minimum absolute atomic E-state index is 0.151. The number of nitrogens with two attached hydrogens (primary N) is 2. The second kappa shape index (κ2) is 4.56. The van der Waals surface area contributed by atoms with E-state index in [-0.39, 0.29) is 12.5 Å². The zero-order valence-corrected chi connectivity index (χ0v) is 10.1. The minimum Gasteiger partial charge on any atom is -0.368 e. The standard InChI is InChI=1S/C11H18N4O3/c12-7(8(13)16)6-15-9(17)11(14-10(15)18)4-2-1-3-5-11/h7H,1-6,12H2,(H2,13,16)(H,14,18). The summed E-state index contributed by atoms with van der Waals surface area (Å²) in [5, 5.41) is 2.74. The first-order valence-corrected chi connectivity index (χ1v) is 6.15. The summed E-state index contributed by atoms with van der Waals surface area (Å²) >= 11 is 0. The van der Waals surface area contributed by atoms with Gasteiger partial charge in [-0.05, 0) is 12.8 Å². The van der Waals surface area contributed by atoms with Crippen LogP contribution in [0.25, 0.3) is 0 Å². The van der Waals surface area contributed by atoms with Crippen molar-refractivity contribution < 1.29 is 14.4 Å². The number of primary amides is 1. The highest BCUT2D eigenvalue weighted by atomic mass is 16.2. The Morgan fingerprint density at radius 3 is 2.50 bits per heavy atom. The van der Waals surface area contributed by atoms with Gasteiger partial charge in [-0.3, -0.25) is 14.5 Å². The van der Waals surface area contributed by atoms with Crippen LogP contribution >= 0.6 is 0 Å². The molecule has 0 aromatic heterocycles. The van der Waals surface area contributed by atoms with E-state index >= 15 is 0 Å². The maximum Gasteiger partial charge on any atom is 0.325 e. The molecule has 1 heterocycles. The lowest BCUT2D eigenvalue weighted by atomic mass is 9.82. The zero-order chi connectivity index (χ0) is 13.3. The molecule has 0 bridgehead atoms. The largest absolute Gasteiger partial charge is 0.368 e. The number of hydrogen-bond acceptors (Lipinski definition) is 4. The lowest BCUT2D eigenvalue weighted by Crippen LogP contribution is -2.50. The molecule has 0 radical (unpaired) electrons. The van der Waals surface area contributed by atoms with Crippen LogP contribution in [0.1, 0.15) is 32.1 Å². The Morgan fingerprint density at radius 2 is 1.94 bits per heavy atom. The topological polar surface area (TPSA) is 119 Å². The summed E-state index contributed by atoms with van der Waals surface area (Å²) in [6.07, 6.45) is 4.22. The zero-order valence-electron chi connectivity index (χ0n) is 10.1. The van der Waals surface area contributed by atoms with Gasteiger partial charge in [-0.25, -0.2) is 4.79 Å². The molecule has 2 fully saturated rings. The molecule has 1 unspecified atom stereocenters. The molecular weight excluding hydrogens is 236 g/mol. The van der Waals surface area contributed by atoms with E-state index in [9.17, 15) is 14.4 Å². The first kappa shape index (κ1) is 12.8. The minimum atomic E-state index is -1.02. The average Bonchev–Trinajstić information content (AvgIpc) is 2.55. The quantitative estimate of drug-likeness (QED) is 0.563. The second-order valence-corrected chi connectivity index (χ2v) is 5.00. The highest BCUT2D eigenvalue weighted by Crippen LogP contribution is 2.33. The Labute approximate surface area is 105 Å². The van der Waals surface area contributed by atoms with E-state index in [1.54, 1.807) is 0 Å². The number of nitrogens with one attached hydrogen (secondary N) is 1. The van der Waals surface area contributed by atoms with Crippen molar-refractivity contribution >= 4 is 17.8 Å². The molecule has 100 valence electrons. The van der Waals surface area contributed by atoms with Gasteiger partial charge in [-0.15, -0.1) is 0 Å². The van der Waals surface area contributed by atoms with Gasteiger partial charge in [-0.1, -0.05) is 19.3 Å². The van der Waals surface area contributed by atoms with E-state index in [1.165, 1.54) is 0 Å². The van der Waals surface area contributed by atoms with Gasteiger partial charge in [0.25, 0.3) is 5.91 Å². The third kappa shape index (κ3) is 2.05. The van der Waals surface area contributed by atoms with E-state index in [2.05, 4.69) is 5.32 Å². The maximum absolute atomic E-state index is 12.3. The van der Waals surface area contributed by atoms with Crippen molar-refractivity contribution in [3.63, 3.8) is 0 Å². The summed E-state index contributed by atoms with van der Waals surface area (Å²) in [7, 11) is 0. The molecule has 4 amide bonds. The third-order valence-electron chi connectivity index (χ3n) is 3.70. The van der Waals surface area contributed by atoms with Crippen molar-refractivity contribution in [1.82, 2.24) is 10.2 Å². The summed E-state index contributed by atoms with van der Waals surface area (Å²) in [6.45, 7) is -0.151. The van der Waals surface area contributed by atoms with Crippen LogP contribution in [0, 0.1) is 0 Å². The smallest absolute Gasteiger partial charge is 0.325 e. The first-order chi connectivity index (χ1) is 8.46. The number of urea groups is 1. The molecular formula is C11H18N4O3. The fourth-order valence-electron chi connectivity index (χ4n) is 2.62. The molecule has 1 aliphatic carbocycles. The van der Waals surface area contributed by atoms with E-state index in [0.29, 0.717) is 12.8 Å². The average molecular weight is 254 g/mol. The van der Waals surface area contributed by atoms with Crippen LogP contribution < -0.4 is 16.8 Å². The van der Waals surface area contributed by atoms with Crippen LogP contribution in [-0.2, 0) is 9.59 Å². The Morgan fingerprint density at radius 1 is 1.33 bits per heavy atom. The molecule has 18 heavy (non-hydrogen) atoms. The van der Waals surface area contributed by atoms with Gasteiger partial charge in [0.1, 0.15) is 11.6 Å². The lowest BCUT2D eigenvalue weighted by molar-refractivity contribution is -0.132. The number of rotatable bonds is 3. The van der Waals surface area contributed by atoms with Crippen molar-refractivity contribution in [2.24, 2.45) is 11.5 Å². The third-order valence-corrected chi connectivity index (χ3v) is 3.70. The fourth-order valence-corrected chi connectivity index (χ4v) is 2.62. The summed E-state index contributed by atoms with van der Waals surface area (Å²) in [5.74, 6) is -0.996. The van der Waals surface area contributed by atoms with Crippen molar-refractivity contribution in [3.8, 4) is 0 Å². The molecule has 1 spiro atoms. The maximum atomic E-state index is 12.3. The number of amides is 4. The highest BCUT2D eigenvalue weighted by molar-refractivity contribution is 6.07. The van der Waals surface area contributed by atoms with Gasteiger partial charge in [0.05, 0.1) is 6.54 Å². The second-order valence-electron chi connectivity index (χ2n) is 5.00. The summed E-state index contributed by atoms with van der Waals surface area (Å²) < 4.78 is 0. The summed E-state index contributed by atoms with van der Waals surface area (Å²) in [5.41, 5.74) is 9.76. The van der Waals surface area contributed by atoms with E-state index in [4.69, 9.17) is 11.5 Å². The molecule has 1 aliphatic heterocycles. The SMILES string of the molecule is NC(=O)C(N)CN1C(=O)NC2(CCCCC2)C1=O. The van der Waals surface area contributed by atoms with E-state index in [1.807, 2.05) is 0 Å². The molecule has 2 rings (SSSR count).